The highest BCUT2D eigenvalue weighted by Crippen LogP contribution is 2.24. The molecule has 0 spiro atoms. The van der Waals surface area contributed by atoms with Crippen LogP contribution in [0.25, 0.3) is 0 Å². The third-order valence-electron chi connectivity index (χ3n) is 3.36. The van der Waals surface area contributed by atoms with Gasteiger partial charge in [0.2, 0.25) is 5.91 Å². The maximum atomic E-state index is 12.4. The first-order valence-corrected chi connectivity index (χ1v) is 7.85. The zero-order valence-electron chi connectivity index (χ0n) is 14.0. The van der Waals surface area contributed by atoms with Crippen molar-refractivity contribution in [1.29, 1.82) is 0 Å². The molecule has 0 aliphatic heterocycles. The van der Waals surface area contributed by atoms with Crippen LogP contribution in [0.2, 0.25) is 0 Å². The van der Waals surface area contributed by atoms with Gasteiger partial charge in [0.05, 0.1) is 18.5 Å². The summed E-state index contributed by atoms with van der Waals surface area (Å²) in [6.07, 6.45) is 1.68. The van der Waals surface area contributed by atoms with Gasteiger partial charge in [-0.05, 0) is 39.8 Å². The molecule has 23 heavy (non-hydrogen) atoms. The predicted molar refractivity (Wildman–Crippen MR) is 91.9 cm³/mol. The Balaban J connectivity index is 2.04. The normalized spacial score (nSPS) is 12.0. The minimum absolute atomic E-state index is 0.126. The van der Waals surface area contributed by atoms with Crippen molar-refractivity contribution < 1.29 is 9.53 Å². The Bertz CT molecular complexity index is 652. The summed E-state index contributed by atoms with van der Waals surface area (Å²) >= 11 is 0. The Hall–Kier alpha value is -2.50. The van der Waals surface area contributed by atoms with Crippen LogP contribution in [0.5, 0.6) is 5.75 Å². The molecule has 1 heterocycles. The van der Waals surface area contributed by atoms with Gasteiger partial charge in [-0.2, -0.15) is 5.10 Å². The molecule has 1 atom stereocenters. The number of amides is 1. The third kappa shape index (κ3) is 4.25. The van der Waals surface area contributed by atoms with E-state index in [1.165, 1.54) is 0 Å². The van der Waals surface area contributed by atoms with Crippen molar-refractivity contribution in [3.8, 4) is 5.75 Å². The molecule has 124 valence electrons. The van der Waals surface area contributed by atoms with Gasteiger partial charge in [-0.1, -0.05) is 12.1 Å². The van der Waals surface area contributed by atoms with Crippen LogP contribution in [0.4, 0.5) is 11.5 Å². The number of benzene rings is 1. The molecule has 1 amide bonds. The molecule has 0 saturated heterocycles. The molecular formula is C17H24N4O2. The quantitative estimate of drug-likeness (QED) is 0.822. The Morgan fingerprint density at radius 2 is 2.00 bits per heavy atom. The van der Waals surface area contributed by atoms with Crippen LogP contribution in [0.1, 0.15) is 33.7 Å². The highest BCUT2D eigenvalue weighted by atomic mass is 16.5. The molecule has 0 saturated carbocycles. The second kappa shape index (κ2) is 7.67. The van der Waals surface area contributed by atoms with E-state index < -0.39 is 6.04 Å². The molecule has 1 unspecified atom stereocenters. The van der Waals surface area contributed by atoms with E-state index in [0.29, 0.717) is 12.4 Å². The van der Waals surface area contributed by atoms with Gasteiger partial charge >= 0.3 is 0 Å². The van der Waals surface area contributed by atoms with E-state index >= 15 is 0 Å². The smallest absolute Gasteiger partial charge is 0.247 e. The fourth-order valence-corrected chi connectivity index (χ4v) is 2.23. The van der Waals surface area contributed by atoms with E-state index in [0.717, 1.165) is 11.4 Å². The lowest BCUT2D eigenvalue weighted by molar-refractivity contribution is -0.116. The van der Waals surface area contributed by atoms with E-state index in [1.54, 1.807) is 16.9 Å². The number of hydrogen-bond donors (Lipinski definition) is 2. The monoisotopic (exact) mass is 316 g/mol. The van der Waals surface area contributed by atoms with Crippen molar-refractivity contribution >= 4 is 17.4 Å². The average molecular weight is 316 g/mol. The number of rotatable bonds is 7. The first kappa shape index (κ1) is 16.9. The van der Waals surface area contributed by atoms with Gasteiger partial charge in [-0.3, -0.25) is 4.79 Å². The van der Waals surface area contributed by atoms with E-state index in [2.05, 4.69) is 15.7 Å². The molecule has 6 nitrogen and oxygen atoms in total. The molecule has 0 aliphatic rings. The average Bonchev–Trinajstić information content (AvgIpc) is 2.97. The summed E-state index contributed by atoms with van der Waals surface area (Å²) in [7, 11) is 0. The summed E-state index contributed by atoms with van der Waals surface area (Å²) in [6, 6.07) is 9.15. The first-order valence-electron chi connectivity index (χ1n) is 7.85. The van der Waals surface area contributed by atoms with Crippen molar-refractivity contribution in [1.82, 2.24) is 9.78 Å². The van der Waals surface area contributed by atoms with E-state index in [4.69, 9.17) is 4.74 Å². The van der Waals surface area contributed by atoms with Gasteiger partial charge in [-0.25, -0.2) is 4.68 Å². The van der Waals surface area contributed by atoms with Gasteiger partial charge in [0.1, 0.15) is 17.6 Å². The van der Waals surface area contributed by atoms with Gasteiger partial charge in [0, 0.05) is 12.1 Å². The predicted octanol–water partition coefficient (Wildman–Crippen LogP) is 3.30. The second-order valence-corrected chi connectivity index (χ2v) is 5.54. The fourth-order valence-electron chi connectivity index (χ4n) is 2.23. The largest absolute Gasteiger partial charge is 0.492 e. The second-order valence-electron chi connectivity index (χ2n) is 5.54. The standard InChI is InChI=1S/C17H24N4O2/c1-5-23-15-9-7-6-8-14(15)19-13(4)17(22)20-16-10-11-18-21(16)12(2)3/h6-13,19H,5H2,1-4H3,(H,20,22). The number of ether oxygens (including phenoxy) is 1. The molecule has 1 aromatic carbocycles. The lowest BCUT2D eigenvalue weighted by Gasteiger charge is -2.18. The number of anilines is 2. The molecular weight excluding hydrogens is 292 g/mol. The molecule has 0 radical (unpaired) electrons. The summed E-state index contributed by atoms with van der Waals surface area (Å²) in [5.41, 5.74) is 0.800. The van der Waals surface area contributed by atoms with Crippen molar-refractivity contribution in [3.05, 3.63) is 36.5 Å². The molecule has 2 rings (SSSR count). The van der Waals surface area contributed by atoms with Crippen molar-refractivity contribution in [2.45, 2.75) is 39.8 Å². The number of carbonyl (C=O) groups excluding carboxylic acids is 1. The molecule has 6 heteroatoms. The number of para-hydroxylation sites is 2. The Morgan fingerprint density at radius 3 is 2.70 bits per heavy atom. The Labute approximate surface area is 136 Å². The molecule has 0 aliphatic carbocycles. The lowest BCUT2D eigenvalue weighted by Crippen LogP contribution is -2.33. The number of nitrogens with zero attached hydrogens (tertiary/aromatic N) is 2. The first-order chi connectivity index (χ1) is 11.0. The Kier molecular flexibility index (Phi) is 5.62. The zero-order chi connectivity index (χ0) is 16.8. The van der Waals surface area contributed by atoms with E-state index in [1.807, 2.05) is 52.0 Å². The Morgan fingerprint density at radius 1 is 1.26 bits per heavy atom. The minimum atomic E-state index is -0.410. The van der Waals surface area contributed by atoms with Crippen molar-refractivity contribution in [3.63, 3.8) is 0 Å². The topological polar surface area (TPSA) is 68.2 Å². The van der Waals surface area contributed by atoms with Gasteiger partial charge in [-0.15, -0.1) is 0 Å². The summed E-state index contributed by atoms with van der Waals surface area (Å²) < 4.78 is 7.34. The molecule has 1 aromatic heterocycles. The van der Waals surface area contributed by atoms with Crippen LogP contribution in [-0.4, -0.2) is 28.3 Å². The molecule has 2 aromatic rings. The van der Waals surface area contributed by atoms with Crippen LogP contribution in [-0.2, 0) is 4.79 Å². The van der Waals surface area contributed by atoms with Crippen LogP contribution in [0.3, 0.4) is 0 Å². The summed E-state index contributed by atoms with van der Waals surface area (Å²) in [6.45, 7) is 8.35. The van der Waals surface area contributed by atoms with Gasteiger partial charge in [0.25, 0.3) is 0 Å². The van der Waals surface area contributed by atoms with Gasteiger partial charge in [0.15, 0.2) is 0 Å². The van der Waals surface area contributed by atoms with Gasteiger partial charge < -0.3 is 15.4 Å². The van der Waals surface area contributed by atoms with Crippen LogP contribution in [0, 0.1) is 0 Å². The molecule has 0 fully saturated rings. The zero-order valence-corrected chi connectivity index (χ0v) is 14.0. The maximum absolute atomic E-state index is 12.4. The van der Waals surface area contributed by atoms with E-state index in [9.17, 15) is 4.79 Å². The number of aromatic nitrogens is 2. The fraction of sp³-hybridized carbons (Fsp3) is 0.412. The van der Waals surface area contributed by atoms with Crippen LogP contribution < -0.4 is 15.4 Å². The highest BCUT2D eigenvalue weighted by Gasteiger charge is 2.17. The number of hydrogen-bond acceptors (Lipinski definition) is 4. The number of carbonyl (C=O) groups is 1. The lowest BCUT2D eigenvalue weighted by atomic mass is 10.2. The van der Waals surface area contributed by atoms with Crippen molar-refractivity contribution in [2.24, 2.45) is 0 Å². The maximum Gasteiger partial charge on any atom is 0.247 e. The van der Waals surface area contributed by atoms with Crippen LogP contribution in [0.15, 0.2) is 36.5 Å². The van der Waals surface area contributed by atoms with Crippen LogP contribution >= 0.6 is 0 Å². The summed E-state index contributed by atoms with van der Waals surface area (Å²) in [5, 5.41) is 10.3. The highest BCUT2D eigenvalue weighted by molar-refractivity contribution is 5.95. The third-order valence-corrected chi connectivity index (χ3v) is 3.36. The molecule has 0 bridgehead atoms. The summed E-state index contributed by atoms with van der Waals surface area (Å²) in [4.78, 5) is 12.4. The summed E-state index contributed by atoms with van der Waals surface area (Å²) in [5.74, 6) is 1.30. The minimum Gasteiger partial charge on any atom is -0.492 e. The molecule has 2 N–H and O–H groups in total. The van der Waals surface area contributed by atoms with E-state index in [-0.39, 0.29) is 11.9 Å². The number of nitrogens with one attached hydrogen (secondary N) is 2. The SMILES string of the molecule is CCOc1ccccc1NC(C)C(=O)Nc1ccnn1C(C)C. The van der Waals surface area contributed by atoms with Crippen molar-refractivity contribution in [2.75, 3.05) is 17.2 Å².